The van der Waals surface area contributed by atoms with Crippen LogP contribution in [0.3, 0.4) is 0 Å². The number of morpholine rings is 1. The van der Waals surface area contributed by atoms with E-state index in [1.165, 1.54) is 12.8 Å². The summed E-state index contributed by atoms with van der Waals surface area (Å²) in [6.45, 7) is 5.84. The third-order valence-electron chi connectivity index (χ3n) is 7.65. The maximum Gasteiger partial charge on any atom is 0.255 e. The van der Waals surface area contributed by atoms with Crippen LogP contribution < -0.4 is 10.6 Å². The molecule has 0 bridgehead atoms. The SMILES string of the molecule is O=C(CN1CCOCC1)Nc1cc(C(=O)Nc2ccc(-c3ccccc3)cc2)ccc1C(=O)CCCN1CCCC1. The highest BCUT2D eigenvalue weighted by atomic mass is 16.5. The Kier molecular flexibility index (Phi) is 9.91. The molecule has 3 aromatic carbocycles. The van der Waals surface area contributed by atoms with Crippen LogP contribution in [0.25, 0.3) is 11.1 Å². The van der Waals surface area contributed by atoms with E-state index >= 15 is 0 Å². The van der Waals surface area contributed by atoms with Crippen molar-refractivity contribution < 1.29 is 19.1 Å². The largest absolute Gasteiger partial charge is 0.379 e. The van der Waals surface area contributed by atoms with Crippen LogP contribution in [0.15, 0.2) is 72.8 Å². The molecule has 41 heavy (non-hydrogen) atoms. The Morgan fingerprint density at radius 3 is 2.20 bits per heavy atom. The average Bonchev–Trinajstić information content (AvgIpc) is 3.52. The molecule has 2 saturated heterocycles. The molecule has 5 rings (SSSR count). The molecule has 8 heteroatoms. The smallest absolute Gasteiger partial charge is 0.255 e. The van der Waals surface area contributed by atoms with Crippen molar-refractivity contribution in [2.24, 2.45) is 0 Å². The van der Waals surface area contributed by atoms with Gasteiger partial charge in [0, 0.05) is 36.3 Å². The van der Waals surface area contributed by atoms with E-state index in [1.54, 1.807) is 18.2 Å². The zero-order chi connectivity index (χ0) is 28.4. The Morgan fingerprint density at radius 1 is 0.756 bits per heavy atom. The van der Waals surface area contributed by atoms with Crippen LogP contribution in [-0.2, 0) is 9.53 Å². The summed E-state index contributed by atoms with van der Waals surface area (Å²) in [7, 11) is 0. The third-order valence-corrected chi connectivity index (χ3v) is 7.65. The summed E-state index contributed by atoms with van der Waals surface area (Å²) in [5.74, 6) is -0.560. The molecule has 2 heterocycles. The number of hydrogen-bond acceptors (Lipinski definition) is 6. The number of nitrogens with zero attached hydrogens (tertiary/aromatic N) is 2. The molecule has 0 aromatic heterocycles. The second kappa shape index (κ2) is 14.2. The second-order valence-corrected chi connectivity index (χ2v) is 10.7. The molecule has 0 spiro atoms. The molecule has 8 nitrogen and oxygen atoms in total. The highest BCUT2D eigenvalue weighted by Gasteiger charge is 2.20. The van der Waals surface area contributed by atoms with Gasteiger partial charge in [-0.2, -0.15) is 0 Å². The molecule has 2 aliphatic heterocycles. The highest BCUT2D eigenvalue weighted by molar-refractivity contribution is 6.09. The van der Waals surface area contributed by atoms with Crippen molar-refractivity contribution in [3.63, 3.8) is 0 Å². The van der Waals surface area contributed by atoms with E-state index in [0.29, 0.717) is 55.2 Å². The minimum atomic E-state index is -0.311. The van der Waals surface area contributed by atoms with Crippen molar-refractivity contribution in [3.8, 4) is 11.1 Å². The molecular weight excluding hydrogens is 516 g/mol. The van der Waals surface area contributed by atoms with Gasteiger partial charge in [-0.05, 0) is 80.4 Å². The summed E-state index contributed by atoms with van der Waals surface area (Å²) in [4.78, 5) is 43.8. The lowest BCUT2D eigenvalue weighted by Crippen LogP contribution is -2.41. The molecule has 2 N–H and O–H groups in total. The second-order valence-electron chi connectivity index (χ2n) is 10.7. The van der Waals surface area contributed by atoms with Crippen molar-refractivity contribution in [3.05, 3.63) is 83.9 Å². The monoisotopic (exact) mass is 554 g/mol. The number of amides is 2. The maximum absolute atomic E-state index is 13.2. The van der Waals surface area contributed by atoms with Crippen molar-refractivity contribution >= 4 is 29.0 Å². The fraction of sp³-hybridized carbons (Fsp3) is 0.364. The number of Topliss-reactive ketones (excluding diaryl/α,β-unsaturated/α-hetero) is 1. The predicted molar refractivity (Wildman–Crippen MR) is 161 cm³/mol. The van der Waals surface area contributed by atoms with Gasteiger partial charge in [-0.3, -0.25) is 19.3 Å². The Bertz CT molecular complexity index is 1330. The summed E-state index contributed by atoms with van der Waals surface area (Å²) in [6.07, 6.45) is 3.59. The van der Waals surface area contributed by atoms with Crippen molar-refractivity contribution in [2.45, 2.75) is 25.7 Å². The summed E-state index contributed by atoms with van der Waals surface area (Å²) >= 11 is 0. The fourth-order valence-electron chi connectivity index (χ4n) is 5.37. The number of likely N-dealkylation sites (tertiary alicyclic amines) is 1. The summed E-state index contributed by atoms with van der Waals surface area (Å²) in [5.41, 5.74) is 4.00. The Balaban J connectivity index is 1.28. The third kappa shape index (κ3) is 8.10. The molecule has 0 unspecified atom stereocenters. The molecule has 214 valence electrons. The normalized spacial score (nSPS) is 15.9. The van der Waals surface area contributed by atoms with E-state index in [9.17, 15) is 14.4 Å². The number of carbonyl (C=O) groups is 3. The van der Waals surface area contributed by atoms with Crippen LogP contribution in [0.2, 0.25) is 0 Å². The number of anilines is 2. The summed E-state index contributed by atoms with van der Waals surface area (Å²) in [5, 5.41) is 5.86. The van der Waals surface area contributed by atoms with Gasteiger partial charge in [-0.25, -0.2) is 0 Å². The predicted octanol–water partition coefficient (Wildman–Crippen LogP) is 4.94. The molecule has 0 atom stereocenters. The van der Waals surface area contributed by atoms with Crippen LogP contribution in [0.4, 0.5) is 11.4 Å². The topological polar surface area (TPSA) is 91.0 Å². The highest BCUT2D eigenvalue weighted by Crippen LogP contribution is 2.24. The Morgan fingerprint density at radius 2 is 1.46 bits per heavy atom. The molecule has 2 amide bonds. The Labute approximate surface area is 241 Å². The molecule has 2 fully saturated rings. The van der Waals surface area contributed by atoms with Gasteiger partial charge in [-0.1, -0.05) is 42.5 Å². The van der Waals surface area contributed by atoms with Crippen LogP contribution >= 0.6 is 0 Å². The quantitative estimate of drug-likeness (QED) is 0.327. The van der Waals surface area contributed by atoms with Gasteiger partial charge in [0.05, 0.1) is 25.4 Å². The van der Waals surface area contributed by atoms with Crippen LogP contribution in [0, 0.1) is 0 Å². The lowest BCUT2D eigenvalue weighted by atomic mass is 10.0. The molecule has 3 aromatic rings. The van der Waals surface area contributed by atoms with Gasteiger partial charge in [0.2, 0.25) is 5.91 Å². The van der Waals surface area contributed by atoms with E-state index in [4.69, 9.17) is 4.74 Å². The molecule has 0 saturated carbocycles. The average molecular weight is 555 g/mol. The number of rotatable bonds is 11. The maximum atomic E-state index is 13.2. The number of ether oxygens (including phenoxy) is 1. The summed E-state index contributed by atoms with van der Waals surface area (Å²) < 4.78 is 5.38. The zero-order valence-electron chi connectivity index (χ0n) is 23.4. The van der Waals surface area contributed by atoms with E-state index in [2.05, 4.69) is 15.5 Å². The van der Waals surface area contributed by atoms with E-state index in [1.807, 2.05) is 59.5 Å². The van der Waals surface area contributed by atoms with Crippen molar-refractivity contribution in [2.75, 3.05) is 63.1 Å². The molecular formula is C33H38N4O4. The first-order chi connectivity index (χ1) is 20.0. The van der Waals surface area contributed by atoms with E-state index in [-0.39, 0.29) is 24.1 Å². The first-order valence-electron chi connectivity index (χ1n) is 14.5. The van der Waals surface area contributed by atoms with Crippen molar-refractivity contribution in [1.82, 2.24) is 9.80 Å². The van der Waals surface area contributed by atoms with Crippen molar-refractivity contribution in [1.29, 1.82) is 0 Å². The van der Waals surface area contributed by atoms with E-state index < -0.39 is 0 Å². The number of nitrogens with one attached hydrogen (secondary N) is 2. The van der Waals surface area contributed by atoms with Crippen LogP contribution in [-0.4, -0.2) is 79.9 Å². The number of benzene rings is 3. The minimum absolute atomic E-state index is 0.0330. The van der Waals surface area contributed by atoms with E-state index in [0.717, 1.165) is 37.2 Å². The van der Waals surface area contributed by atoms with Gasteiger partial charge < -0.3 is 20.3 Å². The minimum Gasteiger partial charge on any atom is -0.379 e. The van der Waals surface area contributed by atoms with Gasteiger partial charge in [0.25, 0.3) is 5.91 Å². The van der Waals surface area contributed by atoms with Crippen LogP contribution in [0.5, 0.6) is 0 Å². The van der Waals surface area contributed by atoms with Crippen LogP contribution in [0.1, 0.15) is 46.4 Å². The molecule has 0 radical (unpaired) electrons. The first-order valence-corrected chi connectivity index (χ1v) is 14.5. The summed E-state index contributed by atoms with van der Waals surface area (Å²) in [6, 6.07) is 22.6. The lowest BCUT2D eigenvalue weighted by Gasteiger charge is -2.26. The van der Waals surface area contributed by atoms with Gasteiger partial charge in [0.15, 0.2) is 5.78 Å². The fourth-order valence-corrected chi connectivity index (χ4v) is 5.37. The number of carbonyl (C=O) groups excluding carboxylic acids is 3. The number of ketones is 1. The molecule has 2 aliphatic rings. The van der Waals surface area contributed by atoms with Gasteiger partial charge in [-0.15, -0.1) is 0 Å². The first kappa shape index (κ1) is 28.7. The Hall–Kier alpha value is -3.85. The standard InChI is InChI=1S/C33H38N4O4/c38-31(9-6-18-36-16-4-5-17-36)29-15-12-27(23-30(29)35-32(39)24-37-19-21-41-22-20-37)33(40)34-28-13-10-26(11-14-28)25-7-2-1-3-8-25/h1-3,7-8,10-15,23H,4-6,9,16-22,24H2,(H,34,40)(H,35,39). The zero-order valence-corrected chi connectivity index (χ0v) is 23.4. The lowest BCUT2D eigenvalue weighted by molar-refractivity contribution is -0.118. The molecule has 0 aliphatic carbocycles. The van der Waals surface area contributed by atoms with Gasteiger partial charge >= 0.3 is 0 Å². The van der Waals surface area contributed by atoms with Gasteiger partial charge in [0.1, 0.15) is 0 Å². The number of hydrogen-bond donors (Lipinski definition) is 2.